The Morgan fingerprint density at radius 1 is 1.25 bits per heavy atom. The number of aliphatic carboxylic acids is 1. The van der Waals surface area contributed by atoms with Gasteiger partial charge in [0, 0.05) is 30.3 Å². The second-order valence-corrected chi connectivity index (χ2v) is 9.95. The third-order valence-corrected chi connectivity index (χ3v) is 7.64. The molecule has 0 aromatic heterocycles. The number of halogens is 2. The lowest BCUT2D eigenvalue weighted by Gasteiger charge is -2.35. The predicted octanol–water partition coefficient (Wildman–Crippen LogP) is 2.89. The van der Waals surface area contributed by atoms with Crippen LogP contribution >= 0.6 is 11.6 Å². The number of aryl methyl sites for hydroxylation is 1. The fourth-order valence-corrected chi connectivity index (χ4v) is 5.51. The monoisotopic (exact) mass is 484 g/mol. The fourth-order valence-electron chi connectivity index (χ4n) is 3.57. The first-order valence-corrected chi connectivity index (χ1v) is 11.6. The van der Waals surface area contributed by atoms with Gasteiger partial charge >= 0.3 is 5.97 Å². The highest BCUT2D eigenvalue weighted by atomic mass is 35.5. The van der Waals surface area contributed by atoms with Crippen molar-refractivity contribution in [1.29, 1.82) is 0 Å². The Morgan fingerprint density at radius 2 is 1.97 bits per heavy atom. The van der Waals surface area contributed by atoms with Gasteiger partial charge in [0.05, 0.1) is 22.4 Å². The molecule has 2 atom stereocenters. The first kappa shape index (κ1) is 24.1. The normalized spacial score (nSPS) is 19.5. The van der Waals surface area contributed by atoms with E-state index in [1.165, 1.54) is 30.3 Å². The highest BCUT2D eigenvalue weighted by Crippen LogP contribution is 2.28. The zero-order valence-electron chi connectivity index (χ0n) is 17.1. The minimum absolute atomic E-state index is 0.0313. The number of carbonyl (C=O) groups is 2. The van der Waals surface area contributed by atoms with Crippen molar-refractivity contribution in [2.75, 3.05) is 18.4 Å². The molecule has 1 aliphatic heterocycles. The Bertz CT molecular complexity index is 1160. The summed E-state index contributed by atoms with van der Waals surface area (Å²) in [6.07, 6.45) is -1.14. The van der Waals surface area contributed by atoms with Crippen LogP contribution < -0.4 is 5.32 Å². The summed E-state index contributed by atoms with van der Waals surface area (Å²) in [5.74, 6) is -3.10. The maximum Gasteiger partial charge on any atom is 0.303 e. The van der Waals surface area contributed by atoms with Crippen LogP contribution in [0.3, 0.4) is 0 Å². The molecular weight excluding hydrogens is 463 g/mol. The standard InChI is InChI=1S/C21H22ClFN2O6S/c1-12-2-3-13(21(29)24-15-4-5-17(23)16(22)10-15)8-19(12)32(30,31)25-7-6-18(26)14(11-25)9-20(27)28/h2-5,8,10,14,18,26H,6-7,9,11H2,1H3,(H,24,29)(H,27,28). The number of carboxylic acid groups (broad SMARTS) is 1. The van der Waals surface area contributed by atoms with Gasteiger partial charge in [-0.15, -0.1) is 0 Å². The van der Waals surface area contributed by atoms with Crippen LogP contribution in [-0.2, 0) is 14.8 Å². The summed E-state index contributed by atoms with van der Waals surface area (Å²) in [6.45, 7) is 1.48. The molecule has 1 amide bonds. The van der Waals surface area contributed by atoms with Gasteiger partial charge < -0.3 is 15.5 Å². The zero-order valence-corrected chi connectivity index (χ0v) is 18.7. The van der Waals surface area contributed by atoms with Crippen LogP contribution in [0.25, 0.3) is 0 Å². The summed E-state index contributed by atoms with van der Waals surface area (Å²) in [6, 6.07) is 7.85. The molecule has 2 unspecified atom stereocenters. The summed E-state index contributed by atoms with van der Waals surface area (Å²) < 4.78 is 41.0. The number of benzene rings is 2. The molecule has 0 radical (unpaired) electrons. The molecule has 11 heteroatoms. The van der Waals surface area contributed by atoms with Crippen LogP contribution in [0.2, 0.25) is 5.02 Å². The molecule has 1 saturated heterocycles. The number of anilines is 1. The topological polar surface area (TPSA) is 124 Å². The Labute approximate surface area is 189 Å². The van der Waals surface area contributed by atoms with Crippen molar-refractivity contribution in [3.8, 4) is 0 Å². The lowest BCUT2D eigenvalue weighted by atomic mass is 9.93. The van der Waals surface area contributed by atoms with E-state index in [1.807, 2.05) is 0 Å². The molecule has 2 aromatic rings. The number of nitrogens with one attached hydrogen (secondary N) is 1. The molecule has 172 valence electrons. The number of nitrogens with zero attached hydrogens (tertiary/aromatic N) is 1. The van der Waals surface area contributed by atoms with E-state index < -0.39 is 39.7 Å². The minimum Gasteiger partial charge on any atom is -0.481 e. The fraction of sp³-hybridized carbons (Fsp3) is 0.333. The van der Waals surface area contributed by atoms with E-state index in [0.29, 0.717) is 5.56 Å². The summed E-state index contributed by atoms with van der Waals surface area (Å²) >= 11 is 5.72. The van der Waals surface area contributed by atoms with Crippen LogP contribution in [0, 0.1) is 18.7 Å². The van der Waals surface area contributed by atoms with Gasteiger partial charge in [0.1, 0.15) is 5.82 Å². The highest BCUT2D eigenvalue weighted by molar-refractivity contribution is 7.89. The van der Waals surface area contributed by atoms with E-state index in [2.05, 4.69) is 5.32 Å². The van der Waals surface area contributed by atoms with Crippen molar-refractivity contribution in [2.24, 2.45) is 5.92 Å². The highest BCUT2D eigenvalue weighted by Gasteiger charge is 2.36. The summed E-state index contributed by atoms with van der Waals surface area (Å²) in [4.78, 5) is 23.6. The van der Waals surface area contributed by atoms with Crippen molar-refractivity contribution in [3.05, 3.63) is 58.4 Å². The van der Waals surface area contributed by atoms with Gasteiger partial charge in [0.2, 0.25) is 10.0 Å². The smallest absolute Gasteiger partial charge is 0.303 e. The number of sulfonamides is 1. The Hall–Kier alpha value is -2.53. The molecular formula is C21H22ClFN2O6S. The van der Waals surface area contributed by atoms with E-state index in [4.69, 9.17) is 16.7 Å². The molecule has 3 rings (SSSR count). The number of aliphatic hydroxyl groups excluding tert-OH is 1. The van der Waals surface area contributed by atoms with Crippen LogP contribution in [0.15, 0.2) is 41.3 Å². The van der Waals surface area contributed by atoms with Crippen molar-refractivity contribution in [3.63, 3.8) is 0 Å². The van der Waals surface area contributed by atoms with Gasteiger partial charge in [-0.25, -0.2) is 12.8 Å². The quantitative estimate of drug-likeness (QED) is 0.579. The Balaban J connectivity index is 1.86. The van der Waals surface area contributed by atoms with Gasteiger partial charge in [0.15, 0.2) is 0 Å². The average molecular weight is 485 g/mol. The molecule has 8 nitrogen and oxygen atoms in total. The largest absolute Gasteiger partial charge is 0.481 e. The van der Waals surface area contributed by atoms with Crippen molar-refractivity contribution in [2.45, 2.75) is 30.8 Å². The number of amides is 1. The van der Waals surface area contributed by atoms with Gasteiger partial charge in [-0.1, -0.05) is 17.7 Å². The van der Waals surface area contributed by atoms with Crippen molar-refractivity contribution >= 4 is 39.2 Å². The Kier molecular flexibility index (Phi) is 7.19. The molecule has 0 aliphatic carbocycles. The molecule has 1 fully saturated rings. The molecule has 2 aromatic carbocycles. The minimum atomic E-state index is -4.05. The number of hydrogen-bond donors (Lipinski definition) is 3. The Morgan fingerprint density at radius 3 is 2.62 bits per heavy atom. The van der Waals surface area contributed by atoms with Gasteiger partial charge in [-0.3, -0.25) is 9.59 Å². The van der Waals surface area contributed by atoms with E-state index in [1.54, 1.807) is 6.92 Å². The molecule has 1 aliphatic rings. The lowest BCUT2D eigenvalue weighted by molar-refractivity contribution is -0.139. The number of carboxylic acids is 1. The lowest BCUT2D eigenvalue weighted by Crippen LogP contribution is -2.46. The average Bonchev–Trinajstić information content (AvgIpc) is 2.72. The van der Waals surface area contributed by atoms with Crippen molar-refractivity contribution in [1.82, 2.24) is 4.31 Å². The summed E-state index contributed by atoms with van der Waals surface area (Å²) in [7, 11) is -4.05. The maximum atomic E-state index is 13.3. The predicted molar refractivity (Wildman–Crippen MR) is 116 cm³/mol. The molecule has 0 spiro atoms. The van der Waals surface area contributed by atoms with Gasteiger partial charge in [-0.05, 0) is 49.2 Å². The number of rotatable bonds is 6. The SMILES string of the molecule is Cc1ccc(C(=O)Nc2ccc(F)c(Cl)c2)cc1S(=O)(=O)N1CCC(O)C(CC(=O)O)C1. The number of piperidine rings is 1. The first-order valence-electron chi connectivity index (χ1n) is 9.76. The summed E-state index contributed by atoms with van der Waals surface area (Å²) in [5, 5.41) is 21.5. The maximum absolute atomic E-state index is 13.3. The summed E-state index contributed by atoms with van der Waals surface area (Å²) in [5.41, 5.74) is 0.717. The van der Waals surface area contributed by atoms with Crippen molar-refractivity contribution < 1.29 is 32.6 Å². The van der Waals surface area contributed by atoms with E-state index in [0.717, 1.165) is 10.4 Å². The molecule has 32 heavy (non-hydrogen) atoms. The van der Waals surface area contributed by atoms with Crippen LogP contribution in [-0.4, -0.2) is 54.0 Å². The third kappa shape index (κ3) is 5.26. The number of aliphatic hydroxyl groups is 1. The molecule has 0 saturated carbocycles. The second kappa shape index (κ2) is 9.53. The zero-order chi connectivity index (χ0) is 23.6. The van der Waals surface area contributed by atoms with Gasteiger partial charge in [0.25, 0.3) is 5.91 Å². The van der Waals surface area contributed by atoms with Crippen LogP contribution in [0.5, 0.6) is 0 Å². The van der Waals surface area contributed by atoms with Gasteiger partial charge in [-0.2, -0.15) is 4.31 Å². The van der Waals surface area contributed by atoms with Crippen LogP contribution in [0.1, 0.15) is 28.8 Å². The van der Waals surface area contributed by atoms with E-state index in [-0.39, 0.29) is 47.1 Å². The number of carbonyl (C=O) groups excluding carboxylic acids is 1. The van der Waals surface area contributed by atoms with Crippen LogP contribution in [0.4, 0.5) is 10.1 Å². The second-order valence-electron chi connectivity index (χ2n) is 7.64. The van der Waals surface area contributed by atoms with E-state index in [9.17, 15) is 27.5 Å². The third-order valence-electron chi connectivity index (χ3n) is 5.34. The molecule has 1 heterocycles. The molecule has 0 bridgehead atoms. The van der Waals surface area contributed by atoms with E-state index >= 15 is 0 Å². The molecule has 3 N–H and O–H groups in total. The first-order chi connectivity index (χ1) is 15.0. The number of hydrogen-bond acceptors (Lipinski definition) is 5.